The van der Waals surface area contributed by atoms with E-state index in [1.54, 1.807) is 18.2 Å². The van der Waals surface area contributed by atoms with E-state index in [1.807, 2.05) is 18.2 Å². The van der Waals surface area contributed by atoms with Crippen LogP contribution in [0.15, 0.2) is 36.4 Å². The summed E-state index contributed by atoms with van der Waals surface area (Å²) < 4.78 is 21.6. The van der Waals surface area contributed by atoms with Crippen LogP contribution in [-0.4, -0.2) is 39.9 Å². The van der Waals surface area contributed by atoms with Gasteiger partial charge < -0.3 is 24.3 Å². The molecule has 0 fully saturated rings. The van der Waals surface area contributed by atoms with Gasteiger partial charge in [0.2, 0.25) is 0 Å². The van der Waals surface area contributed by atoms with Gasteiger partial charge in [0.05, 0.1) is 14.2 Å². The summed E-state index contributed by atoms with van der Waals surface area (Å²) in [5, 5.41) is 2.91. The van der Waals surface area contributed by atoms with Crippen LogP contribution in [0, 0.1) is 0 Å². The van der Waals surface area contributed by atoms with Crippen LogP contribution >= 0.6 is 0 Å². The van der Waals surface area contributed by atoms with Crippen LogP contribution in [-0.2, 0) is 6.42 Å². The predicted molar refractivity (Wildman–Crippen MR) is 93.0 cm³/mol. The molecule has 1 heterocycles. The van der Waals surface area contributed by atoms with Gasteiger partial charge in [-0.2, -0.15) is 0 Å². The van der Waals surface area contributed by atoms with Crippen molar-refractivity contribution in [3.63, 3.8) is 0 Å². The van der Waals surface area contributed by atoms with E-state index in [1.165, 1.54) is 14.2 Å². The van der Waals surface area contributed by atoms with Crippen LogP contribution in [0.25, 0.3) is 0 Å². The molecule has 0 radical (unpaired) electrons. The van der Waals surface area contributed by atoms with Gasteiger partial charge in [0.15, 0.2) is 11.5 Å². The first-order valence-electron chi connectivity index (χ1n) is 8.10. The van der Waals surface area contributed by atoms with Gasteiger partial charge in [-0.05, 0) is 36.2 Å². The molecule has 1 aliphatic heterocycles. The Labute approximate surface area is 146 Å². The van der Waals surface area contributed by atoms with Crippen LogP contribution in [0.3, 0.4) is 0 Å². The average molecular weight is 343 g/mol. The van der Waals surface area contributed by atoms with Gasteiger partial charge in [0.25, 0.3) is 5.91 Å². The van der Waals surface area contributed by atoms with Crippen LogP contribution in [0.5, 0.6) is 23.0 Å². The van der Waals surface area contributed by atoms with E-state index < -0.39 is 0 Å². The Morgan fingerprint density at radius 2 is 1.72 bits per heavy atom. The maximum absolute atomic E-state index is 12.5. The number of hydrogen-bond donors (Lipinski definition) is 1. The zero-order chi connectivity index (χ0) is 17.6. The van der Waals surface area contributed by atoms with Gasteiger partial charge in [-0.25, -0.2) is 0 Å². The number of methoxy groups -OCH3 is 2. The number of amides is 1. The molecule has 1 N–H and O–H groups in total. The molecule has 6 nitrogen and oxygen atoms in total. The van der Waals surface area contributed by atoms with E-state index in [2.05, 4.69) is 5.32 Å². The highest BCUT2D eigenvalue weighted by atomic mass is 16.6. The van der Waals surface area contributed by atoms with E-state index in [9.17, 15) is 4.79 Å². The van der Waals surface area contributed by atoms with Gasteiger partial charge in [0, 0.05) is 6.54 Å². The summed E-state index contributed by atoms with van der Waals surface area (Å²) in [4.78, 5) is 12.5. The molecule has 2 aromatic rings. The van der Waals surface area contributed by atoms with Crippen molar-refractivity contribution >= 4 is 5.91 Å². The number of carbonyl (C=O) groups excluding carboxylic acids is 1. The lowest BCUT2D eigenvalue weighted by atomic mass is 10.1. The van der Waals surface area contributed by atoms with Gasteiger partial charge in [-0.15, -0.1) is 0 Å². The fraction of sp³-hybridized carbons (Fsp3) is 0.316. The average Bonchev–Trinajstić information content (AvgIpc) is 2.67. The molecule has 0 bridgehead atoms. The Morgan fingerprint density at radius 1 is 1.04 bits per heavy atom. The first kappa shape index (κ1) is 17.0. The Morgan fingerprint density at radius 3 is 2.40 bits per heavy atom. The van der Waals surface area contributed by atoms with Crippen LogP contribution in [0.4, 0.5) is 0 Å². The second-order valence-electron chi connectivity index (χ2n) is 5.52. The zero-order valence-electron chi connectivity index (χ0n) is 14.3. The number of rotatable bonds is 6. The molecule has 1 aliphatic rings. The van der Waals surface area contributed by atoms with E-state index in [-0.39, 0.29) is 5.91 Å². The summed E-state index contributed by atoms with van der Waals surface area (Å²) in [5.74, 6) is 2.25. The maximum atomic E-state index is 12.5. The van der Waals surface area contributed by atoms with E-state index >= 15 is 0 Å². The highest BCUT2D eigenvalue weighted by Gasteiger charge is 2.18. The third kappa shape index (κ3) is 3.79. The monoisotopic (exact) mass is 343 g/mol. The number of fused-ring (bicyclic) bond motifs is 1. The van der Waals surface area contributed by atoms with Gasteiger partial charge in [0.1, 0.15) is 30.3 Å². The highest BCUT2D eigenvalue weighted by molar-refractivity contribution is 5.99. The van der Waals surface area contributed by atoms with Gasteiger partial charge >= 0.3 is 0 Å². The molecular weight excluding hydrogens is 322 g/mol. The minimum absolute atomic E-state index is 0.230. The molecule has 0 unspecified atom stereocenters. The number of carbonyl (C=O) groups is 1. The highest BCUT2D eigenvalue weighted by Crippen LogP contribution is 2.31. The largest absolute Gasteiger partial charge is 0.496 e. The van der Waals surface area contributed by atoms with Crippen LogP contribution in [0.1, 0.15) is 15.9 Å². The quantitative estimate of drug-likeness (QED) is 0.873. The fourth-order valence-corrected chi connectivity index (χ4v) is 2.73. The molecule has 1 amide bonds. The molecule has 132 valence electrons. The minimum atomic E-state index is -0.230. The van der Waals surface area contributed by atoms with E-state index in [0.717, 1.165) is 17.1 Å². The molecule has 6 heteroatoms. The fourth-order valence-electron chi connectivity index (χ4n) is 2.73. The molecule has 3 rings (SSSR count). The standard InChI is InChI=1S/C19H21NO5/c1-22-15-4-3-5-16(23-2)18(15)19(21)20-9-8-13-6-7-14-17(12-13)25-11-10-24-14/h3-7,12H,8-11H2,1-2H3,(H,20,21). The lowest BCUT2D eigenvalue weighted by Gasteiger charge is -2.19. The van der Waals surface area contributed by atoms with Crippen molar-refractivity contribution in [1.29, 1.82) is 0 Å². The van der Waals surface area contributed by atoms with Crippen molar-refractivity contribution < 1.29 is 23.7 Å². The van der Waals surface area contributed by atoms with Crippen molar-refractivity contribution in [2.24, 2.45) is 0 Å². The van der Waals surface area contributed by atoms with E-state index in [4.69, 9.17) is 18.9 Å². The zero-order valence-corrected chi connectivity index (χ0v) is 14.3. The summed E-state index contributed by atoms with van der Waals surface area (Å²) in [7, 11) is 3.06. The molecular formula is C19H21NO5. The van der Waals surface area contributed by atoms with Gasteiger partial charge in [-0.3, -0.25) is 4.79 Å². The number of benzene rings is 2. The van der Waals surface area contributed by atoms with Crippen molar-refractivity contribution in [2.75, 3.05) is 34.0 Å². The first-order chi connectivity index (χ1) is 12.2. The Bertz CT molecular complexity index is 737. The summed E-state index contributed by atoms with van der Waals surface area (Å²) >= 11 is 0. The molecule has 25 heavy (non-hydrogen) atoms. The van der Waals surface area contributed by atoms with Crippen molar-refractivity contribution in [3.05, 3.63) is 47.5 Å². The third-order valence-corrected chi connectivity index (χ3v) is 3.96. The second-order valence-corrected chi connectivity index (χ2v) is 5.52. The van der Waals surface area contributed by atoms with Crippen LogP contribution < -0.4 is 24.3 Å². The van der Waals surface area contributed by atoms with Gasteiger partial charge in [-0.1, -0.05) is 12.1 Å². The molecule has 2 aromatic carbocycles. The van der Waals surface area contributed by atoms with Crippen LogP contribution in [0.2, 0.25) is 0 Å². The van der Waals surface area contributed by atoms with Crippen molar-refractivity contribution in [3.8, 4) is 23.0 Å². The molecule has 0 saturated heterocycles. The van der Waals surface area contributed by atoms with Crippen molar-refractivity contribution in [1.82, 2.24) is 5.32 Å². The van der Waals surface area contributed by atoms with Crippen molar-refractivity contribution in [2.45, 2.75) is 6.42 Å². The normalized spacial score (nSPS) is 12.4. The summed E-state index contributed by atoms with van der Waals surface area (Å²) in [6.07, 6.45) is 0.680. The summed E-state index contributed by atoms with van der Waals surface area (Å²) in [6, 6.07) is 11.1. The lowest BCUT2D eigenvalue weighted by Crippen LogP contribution is -2.26. The molecule has 0 saturated carbocycles. The number of nitrogens with one attached hydrogen (secondary N) is 1. The minimum Gasteiger partial charge on any atom is -0.496 e. The maximum Gasteiger partial charge on any atom is 0.258 e. The summed E-state index contributed by atoms with van der Waals surface area (Å²) in [5.41, 5.74) is 1.46. The molecule has 0 spiro atoms. The lowest BCUT2D eigenvalue weighted by molar-refractivity contribution is 0.0948. The molecule has 0 atom stereocenters. The topological polar surface area (TPSA) is 66.0 Å². The molecule has 0 aromatic heterocycles. The third-order valence-electron chi connectivity index (χ3n) is 3.96. The number of ether oxygens (including phenoxy) is 4. The predicted octanol–water partition coefficient (Wildman–Crippen LogP) is 2.45. The number of hydrogen-bond acceptors (Lipinski definition) is 5. The Kier molecular flexibility index (Phi) is 5.28. The Balaban J connectivity index is 1.63. The first-order valence-corrected chi connectivity index (χ1v) is 8.10. The SMILES string of the molecule is COc1cccc(OC)c1C(=O)NCCc1ccc2c(c1)OCCO2. The summed E-state index contributed by atoms with van der Waals surface area (Å²) in [6.45, 7) is 1.61. The molecule has 0 aliphatic carbocycles. The van der Waals surface area contributed by atoms with E-state index in [0.29, 0.717) is 43.2 Å². The smallest absolute Gasteiger partial charge is 0.258 e. The Hall–Kier alpha value is -2.89. The second kappa shape index (κ2) is 7.79.